The SMILES string of the molecule is CC(C)(C)Oc1nc(N2CCNC(=O)CC2)ccc1N. The molecule has 1 amide bonds. The highest BCUT2D eigenvalue weighted by molar-refractivity contribution is 5.77. The molecule has 20 heavy (non-hydrogen) atoms. The van der Waals surface area contributed by atoms with Gasteiger partial charge in [-0.15, -0.1) is 0 Å². The van der Waals surface area contributed by atoms with Crippen LogP contribution in [0.3, 0.4) is 0 Å². The quantitative estimate of drug-likeness (QED) is 0.848. The third kappa shape index (κ3) is 3.76. The van der Waals surface area contributed by atoms with E-state index in [-0.39, 0.29) is 11.5 Å². The highest BCUT2D eigenvalue weighted by Gasteiger charge is 2.19. The number of nitrogens with zero attached hydrogens (tertiary/aromatic N) is 2. The Balaban J connectivity index is 2.20. The third-order valence-corrected chi connectivity index (χ3v) is 2.91. The molecule has 6 nitrogen and oxygen atoms in total. The summed E-state index contributed by atoms with van der Waals surface area (Å²) in [5.74, 6) is 1.31. The van der Waals surface area contributed by atoms with E-state index in [1.807, 2.05) is 26.8 Å². The topological polar surface area (TPSA) is 80.5 Å². The number of carbonyl (C=O) groups excluding carboxylic acids is 1. The number of hydrogen-bond acceptors (Lipinski definition) is 5. The second-order valence-corrected chi connectivity index (χ2v) is 5.87. The largest absolute Gasteiger partial charge is 0.470 e. The van der Waals surface area contributed by atoms with Crippen molar-refractivity contribution in [2.24, 2.45) is 0 Å². The highest BCUT2D eigenvalue weighted by atomic mass is 16.5. The smallest absolute Gasteiger partial charge is 0.239 e. The van der Waals surface area contributed by atoms with E-state index in [1.54, 1.807) is 6.07 Å². The second kappa shape index (κ2) is 5.56. The average Bonchev–Trinajstić information content (AvgIpc) is 2.55. The van der Waals surface area contributed by atoms with Gasteiger partial charge >= 0.3 is 0 Å². The summed E-state index contributed by atoms with van der Waals surface area (Å²) < 4.78 is 5.77. The molecule has 0 spiro atoms. The van der Waals surface area contributed by atoms with Crippen molar-refractivity contribution in [3.63, 3.8) is 0 Å². The Morgan fingerprint density at radius 1 is 1.35 bits per heavy atom. The first-order valence-corrected chi connectivity index (χ1v) is 6.82. The van der Waals surface area contributed by atoms with Crippen LogP contribution in [0.4, 0.5) is 11.5 Å². The number of pyridine rings is 1. The Bertz CT molecular complexity index is 496. The van der Waals surface area contributed by atoms with Gasteiger partial charge in [-0.25, -0.2) is 0 Å². The van der Waals surface area contributed by atoms with Crippen LogP contribution in [0.15, 0.2) is 12.1 Å². The van der Waals surface area contributed by atoms with Crippen molar-refractivity contribution in [1.82, 2.24) is 10.3 Å². The lowest BCUT2D eigenvalue weighted by Gasteiger charge is -2.25. The lowest BCUT2D eigenvalue weighted by molar-refractivity contribution is -0.120. The van der Waals surface area contributed by atoms with Gasteiger partial charge in [0.05, 0.1) is 5.69 Å². The molecule has 6 heteroatoms. The molecule has 0 radical (unpaired) electrons. The minimum absolute atomic E-state index is 0.0779. The normalized spacial score (nSPS) is 16.6. The van der Waals surface area contributed by atoms with E-state index in [9.17, 15) is 4.79 Å². The van der Waals surface area contributed by atoms with Gasteiger partial charge in [-0.2, -0.15) is 4.98 Å². The van der Waals surface area contributed by atoms with Gasteiger partial charge in [-0.3, -0.25) is 4.79 Å². The van der Waals surface area contributed by atoms with Crippen LogP contribution in [0.25, 0.3) is 0 Å². The number of nitrogen functional groups attached to an aromatic ring is 1. The van der Waals surface area contributed by atoms with E-state index in [0.29, 0.717) is 31.1 Å². The number of carbonyl (C=O) groups is 1. The summed E-state index contributed by atoms with van der Waals surface area (Å²) in [6.45, 7) is 7.87. The van der Waals surface area contributed by atoms with E-state index in [1.165, 1.54) is 0 Å². The summed E-state index contributed by atoms with van der Waals surface area (Å²) in [4.78, 5) is 17.9. The van der Waals surface area contributed by atoms with Gasteiger partial charge < -0.3 is 20.7 Å². The second-order valence-electron chi connectivity index (χ2n) is 5.87. The summed E-state index contributed by atoms with van der Waals surface area (Å²) in [6.07, 6.45) is 0.474. The molecule has 0 atom stereocenters. The molecular weight excluding hydrogens is 256 g/mol. The van der Waals surface area contributed by atoms with E-state index in [0.717, 1.165) is 12.4 Å². The Morgan fingerprint density at radius 3 is 2.80 bits per heavy atom. The van der Waals surface area contributed by atoms with Crippen LogP contribution in [0.5, 0.6) is 5.88 Å². The van der Waals surface area contributed by atoms with E-state index >= 15 is 0 Å². The van der Waals surface area contributed by atoms with Crippen molar-refractivity contribution in [1.29, 1.82) is 0 Å². The third-order valence-electron chi connectivity index (χ3n) is 2.91. The van der Waals surface area contributed by atoms with Gasteiger partial charge in [0, 0.05) is 26.1 Å². The maximum Gasteiger partial charge on any atom is 0.239 e. The van der Waals surface area contributed by atoms with E-state index in [4.69, 9.17) is 10.5 Å². The first-order chi connectivity index (χ1) is 9.35. The lowest BCUT2D eigenvalue weighted by atomic mass is 10.2. The molecule has 3 N–H and O–H groups in total. The molecule has 1 fully saturated rings. The molecule has 0 unspecified atom stereocenters. The Hall–Kier alpha value is -1.98. The van der Waals surface area contributed by atoms with Crippen molar-refractivity contribution < 1.29 is 9.53 Å². The van der Waals surface area contributed by atoms with Crippen molar-refractivity contribution in [2.45, 2.75) is 32.8 Å². The summed E-state index contributed by atoms with van der Waals surface area (Å²) in [5, 5.41) is 2.84. The Kier molecular flexibility index (Phi) is 4.01. The number of hydrogen-bond donors (Lipinski definition) is 2. The zero-order chi connectivity index (χ0) is 14.8. The standard InChI is InChI=1S/C14H22N4O2/c1-14(2,3)20-13-10(15)4-5-11(17-13)18-8-6-12(19)16-7-9-18/h4-5H,6-9,15H2,1-3H3,(H,16,19). The van der Waals surface area contributed by atoms with Crippen molar-refractivity contribution in [3.8, 4) is 5.88 Å². The molecule has 1 aromatic heterocycles. The molecule has 0 saturated carbocycles. The number of nitrogens with two attached hydrogens (primary N) is 1. The fraction of sp³-hybridized carbons (Fsp3) is 0.571. The lowest BCUT2D eigenvalue weighted by Crippen LogP contribution is -2.29. The van der Waals surface area contributed by atoms with Gasteiger partial charge in [-0.05, 0) is 32.9 Å². The van der Waals surface area contributed by atoms with Gasteiger partial charge in [-0.1, -0.05) is 0 Å². The van der Waals surface area contributed by atoms with Crippen LogP contribution in [0, 0.1) is 0 Å². The maximum atomic E-state index is 11.4. The molecule has 2 rings (SSSR count). The van der Waals surface area contributed by atoms with Crippen LogP contribution >= 0.6 is 0 Å². The molecule has 1 aromatic rings. The molecule has 0 aliphatic carbocycles. The summed E-state index contributed by atoms with van der Waals surface area (Å²) in [6, 6.07) is 3.66. The number of nitrogens with one attached hydrogen (secondary N) is 1. The number of amides is 1. The number of aromatic nitrogens is 1. The Morgan fingerprint density at radius 2 is 2.10 bits per heavy atom. The van der Waals surface area contributed by atoms with Crippen LogP contribution < -0.4 is 20.7 Å². The molecule has 0 bridgehead atoms. The van der Waals surface area contributed by atoms with Gasteiger partial charge in [0.25, 0.3) is 0 Å². The number of ether oxygens (including phenoxy) is 1. The van der Waals surface area contributed by atoms with Crippen molar-refractivity contribution >= 4 is 17.4 Å². The minimum Gasteiger partial charge on any atom is -0.470 e. The van der Waals surface area contributed by atoms with Crippen LogP contribution in [0.2, 0.25) is 0 Å². The van der Waals surface area contributed by atoms with E-state index in [2.05, 4.69) is 15.2 Å². The van der Waals surface area contributed by atoms with Crippen LogP contribution in [0.1, 0.15) is 27.2 Å². The maximum absolute atomic E-state index is 11.4. The molecule has 0 aromatic carbocycles. The molecular formula is C14H22N4O2. The van der Waals surface area contributed by atoms with Crippen LogP contribution in [-0.4, -0.2) is 36.1 Å². The van der Waals surface area contributed by atoms with Crippen molar-refractivity contribution in [2.75, 3.05) is 30.3 Å². The summed E-state index contributed by atoms with van der Waals surface area (Å²) in [7, 11) is 0. The number of rotatable bonds is 2. The Labute approximate surface area is 119 Å². The first-order valence-electron chi connectivity index (χ1n) is 6.82. The highest BCUT2D eigenvalue weighted by Crippen LogP contribution is 2.26. The number of anilines is 2. The average molecular weight is 278 g/mol. The van der Waals surface area contributed by atoms with E-state index < -0.39 is 0 Å². The molecule has 2 heterocycles. The van der Waals surface area contributed by atoms with Crippen molar-refractivity contribution in [3.05, 3.63) is 12.1 Å². The molecule has 110 valence electrons. The summed E-state index contributed by atoms with van der Waals surface area (Å²) >= 11 is 0. The molecule has 1 aliphatic heterocycles. The molecule has 1 aliphatic rings. The minimum atomic E-state index is -0.351. The summed E-state index contributed by atoms with van der Waals surface area (Å²) in [5.41, 5.74) is 6.08. The van der Waals surface area contributed by atoms with Crippen LogP contribution in [-0.2, 0) is 4.79 Å². The van der Waals surface area contributed by atoms with Gasteiger partial charge in [0.15, 0.2) is 0 Å². The molecule has 1 saturated heterocycles. The fourth-order valence-corrected chi connectivity index (χ4v) is 1.99. The zero-order valence-electron chi connectivity index (χ0n) is 12.3. The first kappa shape index (κ1) is 14.4. The predicted octanol–water partition coefficient (Wildman–Crippen LogP) is 1.17. The fourth-order valence-electron chi connectivity index (χ4n) is 1.99. The monoisotopic (exact) mass is 278 g/mol. The van der Waals surface area contributed by atoms with Gasteiger partial charge in [0.2, 0.25) is 11.8 Å². The zero-order valence-corrected chi connectivity index (χ0v) is 12.3. The predicted molar refractivity (Wildman–Crippen MR) is 78.9 cm³/mol. The van der Waals surface area contributed by atoms with Gasteiger partial charge in [0.1, 0.15) is 11.4 Å².